The standard InChI is InChI=1S/C22H30N4O/c1-4-25(5-2)20-8-6-19(7-9-20)24-22(27)18-14-21(16-23-15-18)26-12-10-17(3)11-13-26/h6-9,14-17H,4-5,10-13H2,1-3H3,(H,24,27). The summed E-state index contributed by atoms with van der Waals surface area (Å²) in [5.74, 6) is 0.658. The maximum atomic E-state index is 12.7. The number of anilines is 3. The lowest BCUT2D eigenvalue weighted by Gasteiger charge is -2.32. The monoisotopic (exact) mass is 366 g/mol. The van der Waals surface area contributed by atoms with E-state index in [0.717, 1.165) is 43.5 Å². The summed E-state index contributed by atoms with van der Waals surface area (Å²) >= 11 is 0. The molecule has 2 aromatic rings. The van der Waals surface area contributed by atoms with Crippen molar-refractivity contribution < 1.29 is 4.79 Å². The Morgan fingerprint density at radius 3 is 2.44 bits per heavy atom. The van der Waals surface area contributed by atoms with Crippen LogP contribution in [0.2, 0.25) is 0 Å². The molecule has 1 aromatic carbocycles. The zero-order chi connectivity index (χ0) is 19.2. The van der Waals surface area contributed by atoms with E-state index in [1.165, 1.54) is 18.5 Å². The molecule has 5 nitrogen and oxygen atoms in total. The van der Waals surface area contributed by atoms with Gasteiger partial charge in [-0.25, -0.2) is 0 Å². The van der Waals surface area contributed by atoms with E-state index in [4.69, 9.17) is 0 Å². The summed E-state index contributed by atoms with van der Waals surface area (Å²) in [5.41, 5.74) is 3.60. The first-order valence-electron chi connectivity index (χ1n) is 9.97. The Balaban J connectivity index is 1.66. The van der Waals surface area contributed by atoms with E-state index >= 15 is 0 Å². The lowest BCUT2D eigenvalue weighted by molar-refractivity contribution is 0.102. The topological polar surface area (TPSA) is 48.5 Å². The molecule has 0 aliphatic carbocycles. The number of aromatic nitrogens is 1. The molecule has 0 saturated carbocycles. The highest BCUT2D eigenvalue weighted by Crippen LogP contribution is 2.23. The molecule has 1 N–H and O–H groups in total. The fourth-order valence-corrected chi connectivity index (χ4v) is 3.54. The molecule has 1 amide bonds. The van der Waals surface area contributed by atoms with Crippen molar-refractivity contribution in [2.45, 2.75) is 33.6 Å². The highest BCUT2D eigenvalue weighted by Gasteiger charge is 2.17. The Hall–Kier alpha value is -2.56. The number of benzene rings is 1. The minimum Gasteiger partial charge on any atom is -0.372 e. The number of carbonyl (C=O) groups is 1. The zero-order valence-electron chi connectivity index (χ0n) is 16.6. The fourth-order valence-electron chi connectivity index (χ4n) is 3.54. The van der Waals surface area contributed by atoms with Gasteiger partial charge in [0.25, 0.3) is 5.91 Å². The van der Waals surface area contributed by atoms with E-state index < -0.39 is 0 Å². The van der Waals surface area contributed by atoms with Crippen LogP contribution in [0.25, 0.3) is 0 Å². The number of piperidine rings is 1. The van der Waals surface area contributed by atoms with E-state index in [1.54, 1.807) is 6.20 Å². The van der Waals surface area contributed by atoms with Gasteiger partial charge in [0.15, 0.2) is 0 Å². The molecule has 1 aliphatic rings. The van der Waals surface area contributed by atoms with Gasteiger partial charge in [-0.05, 0) is 62.9 Å². The average molecular weight is 367 g/mol. The third kappa shape index (κ3) is 4.79. The summed E-state index contributed by atoms with van der Waals surface area (Å²) < 4.78 is 0. The maximum absolute atomic E-state index is 12.7. The summed E-state index contributed by atoms with van der Waals surface area (Å²) in [5, 5.41) is 2.98. The van der Waals surface area contributed by atoms with Crippen molar-refractivity contribution >= 4 is 23.0 Å². The molecule has 1 aliphatic heterocycles. The first-order valence-corrected chi connectivity index (χ1v) is 9.97. The molecule has 1 aromatic heterocycles. The van der Waals surface area contributed by atoms with Crippen LogP contribution in [0.3, 0.4) is 0 Å². The quantitative estimate of drug-likeness (QED) is 0.822. The molecule has 0 spiro atoms. The second-order valence-corrected chi connectivity index (χ2v) is 7.27. The van der Waals surface area contributed by atoms with Gasteiger partial charge in [-0.1, -0.05) is 6.92 Å². The van der Waals surface area contributed by atoms with Gasteiger partial charge in [-0.15, -0.1) is 0 Å². The highest BCUT2D eigenvalue weighted by molar-refractivity contribution is 6.04. The molecule has 5 heteroatoms. The van der Waals surface area contributed by atoms with Crippen molar-refractivity contribution in [2.24, 2.45) is 5.92 Å². The van der Waals surface area contributed by atoms with Gasteiger partial charge in [0.2, 0.25) is 0 Å². The number of nitrogens with one attached hydrogen (secondary N) is 1. The molecular weight excluding hydrogens is 336 g/mol. The fraction of sp³-hybridized carbons (Fsp3) is 0.455. The molecule has 0 radical (unpaired) electrons. The van der Waals surface area contributed by atoms with Crippen molar-refractivity contribution in [3.8, 4) is 0 Å². The molecular formula is C22H30N4O. The van der Waals surface area contributed by atoms with Crippen LogP contribution in [0.4, 0.5) is 17.1 Å². The Kier molecular flexibility index (Phi) is 6.32. The van der Waals surface area contributed by atoms with Crippen LogP contribution >= 0.6 is 0 Å². The van der Waals surface area contributed by atoms with Crippen LogP contribution in [-0.4, -0.2) is 37.1 Å². The number of carbonyl (C=O) groups excluding carboxylic acids is 1. The average Bonchev–Trinajstić information content (AvgIpc) is 2.71. The molecule has 27 heavy (non-hydrogen) atoms. The minimum atomic E-state index is -0.120. The minimum absolute atomic E-state index is 0.120. The molecule has 1 saturated heterocycles. The van der Waals surface area contributed by atoms with Crippen molar-refractivity contribution in [3.63, 3.8) is 0 Å². The van der Waals surface area contributed by atoms with E-state index in [-0.39, 0.29) is 5.91 Å². The number of pyridine rings is 1. The predicted octanol–water partition coefficient (Wildman–Crippen LogP) is 4.42. The molecule has 0 unspecified atom stereocenters. The second kappa shape index (κ2) is 8.89. The summed E-state index contributed by atoms with van der Waals surface area (Å²) in [6.07, 6.45) is 5.87. The van der Waals surface area contributed by atoms with E-state index in [0.29, 0.717) is 5.56 Å². The van der Waals surface area contributed by atoms with E-state index in [1.807, 2.05) is 36.5 Å². The van der Waals surface area contributed by atoms with Gasteiger partial charge >= 0.3 is 0 Å². The van der Waals surface area contributed by atoms with Crippen LogP contribution in [0.5, 0.6) is 0 Å². The summed E-state index contributed by atoms with van der Waals surface area (Å²) in [6.45, 7) is 10.6. The van der Waals surface area contributed by atoms with Crippen molar-refractivity contribution in [1.82, 2.24) is 4.98 Å². The number of rotatable bonds is 6. The Morgan fingerprint density at radius 2 is 1.81 bits per heavy atom. The lowest BCUT2D eigenvalue weighted by Crippen LogP contribution is -2.33. The first kappa shape index (κ1) is 19.2. The number of hydrogen-bond donors (Lipinski definition) is 1. The van der Waals surface area contributed by atoms with Gasteiger partial charge in [0.1, 0.15) is 0 Å². The Labute approximate surface area is 162 Å². The number of nitrogens with zero attached hydrogens (tertiary/aromatic N) is 3. The van der Waals surface area contributed by atoms with Crippen molar-refractivity contribution in [2.75, 3.05) is 41.3 Å². The number of hydrogen-bond acceptors (Lipinski definition) is 4. The largest absolute Gasteiger partial charge is 0.372 e. The van der Waals surface area contributed by atoms with Gasteiger partial charge in [0, 0.05) is 43.8 Å². The van der Waals surface area contributed by atoms with Gasteiger partial charge < -0.3 is 15.1 Å². The van der Waals surface area contributed by atoms with Crippen LogP contribution in [0.15, 0.2) is 42.7 Å². The predicted molar refractivity (Wildman–Crippen MR) is 113 cm³/mol. The van der Waals surface area contributed by atoms with Crippen LogP contribution in [0.1, 0.15) is 44.0 Å². The molecule has 2 heterocycles. The Morgan fingerprint density at radius 1 is 1.15 bits per heavy atom. The first-order chi connectivity index (χ1) is 13.1. The molecule has 144 valence electrons. The molecule has 0 atom stereocenters. The van der Waals surface area contributed by atoms with Crippen molar-refractivity contribution in [3.05, 3.63) is 48.3 Å². The highest BCUT2D eigenvalue weighted by atomic mass is 16.1. The third-order valence-corrected chi connectivity index (χ3v) is 5.39. The third-order valence-electron chi connectivity index (χ3n) is 5.39. The summed E-state index contributed by atoms with van der Waals surface area (Å²) in [4.78, 5) is 21.5. The van der Waals surface area contributed by atoms with Crippen LogP contribution in [0, 0.1) is 5.92 Å². The van der Waals surface area contributed by atoms with E-state index in [2.05, 4.69) is 40.9 Å². The molecule has 3 rings (SSSR count). The lowest BCUT2D eigenvalue weighted by atomic mass is 9.99. The Bertz CT molecular complexity index is 747. The SMILES string of the molecule is CCN(CC)c1ccc(NC(=O)c2cncc(N3CCC(C)CC3)c2)cc1. The van der Waals surface area contributed by atoms with Gasteiger partial charge in [-0.3, -0.25) is 9.78 Å². The van der Waals surface area contributed by atoms with Gasteiger partial charge in [0.05, 0.1) is 17.4 Å². The van der Waals surface area contributed by atoms with E-state index in [9.17, 15) is 4.79 Å². The zero-order valence-corrected chi connectivity index (χ0v) is 16.6. The normalized spacial score (nSPS) is 14.9. The van der Waals surface area contributed by atoms with Crippen molar-refractivity contribution in [1.29, 1.82) is 0 Å². The van der Waals surface area contributed by atoms with Crippen LogP contribution in [-0.2, 0) is 0 Å². The molecule has 0 bridgehead atoms. The maximum Gasteiger partial charge on any atom is 0.257 e. The van der Waals surface area contributed by atoms with Gasteiger partial charge in [-0.2, -0.15) is 0 Å². The summed E-state index contributed by atoms with van der Waals surface area (Å²) in [6, 6.07) is 9.95. The molecule has 1 fully saturated rings. The smallest absolute Gasteiger partial charge is 0.257 e. The second-order valence-electron chi connectivity index (χ2n) is 7.27. The number of amides is 1. The summed E-state index contributed by atoms with van der Waals surface area (Å²) in [7, 11) is 0. The van der Waals surface area contributed by atoms with Crippen LogP contribution < -0.4 is 15.1 Å².